The standard InChI is InChI=1S/C19H18BrCl2N3O4/c1-11-8-12(20)2-5-16(11)29-10-19(28)25-24-18(27)7-6-17(26)23-15-4-3-13(21)9-14(15)22/h2-5,8-9H,6-7,10H2,1H3,(H,23,26)(H,24,27)(H,25,28). The van der Waals surface area contributed by atoms with Gasteiger partial charge in [0.15, 0.2) is 6.61 Å². The molecule has 3 N–H and O–H groups in total. The van der Waals surface area contributed by atoms with Crippen LogP contribution in [0.25, 0.3) is 0 Å². The summed E-state index contributed by atoms with van der Waals surface area (Å²) in [6.07, 6.45) is -0.209. The zero-order valence-corrected chi connectivity index (χ0v) is 18.5. The maximum atomic E-state index is 11.9. The summed E-state index contributed by atoms with van der Waals surface area (Å²) in [5.41, 5.74) is 5.73. The van der Waals surface area contributed by atoms with Crippen molar-refractivity contribution in [3.8, 4) is 5.75 Å². The summed E-state index contributed by atoms with van der Waals surface area (Å²) in [5.74, 6) is -0.884. The highest BCUT2D eigenvalue weighted by Crippen LogP contribution is 2.25. The number of amides is 3. The third-order valence-electron chi connectivity index (χ3n) is 3.62. The van der Waals surface area contributed by atoms with Gasteiger partial charge in [-0.25, -0.2) is 0 Å². The van der Waals surface area contributed by atoms with Crippen LogP contribution in [-0.4, -0.2) is 24.3 Å². The summed E-state index contributed by atoms with van der Waals surface area (Å²) in [4.78, 5) is 35.5. The monoisotopic (exact) mass is 501 g/mol. The maximum Gasteiger partial charge on any atom is 0.276 e. The van der Waals surface area contributed by atoms with Gasteiger partial charge in [-0.2, -0.15) is 0 Å². The first-order chi connectivity index (χ1) is 13.7. The van der Waals surface area contributed by atoms with Crippen molar-refractivity contribution < 1.29 is 19.1 Å². The van der Waals surface area contributed by atoms with Gasteiger partial charge in [-0.1, -0.05) is 39.1 Å². The first kappa shape index (κ1) is 23.0. The predicted molar refractivity (Wildman–Crippen MR) is 115 cm³/mol. The van der Waals surface area contributed by atoms with Crippen molar-refractivity contribution in [2.45, 2.75) is 19.8 Å². The van der Waals surface area contributed by atoms with Gasteiger partial charge >= 0.3 is 0 Å². The predicted octanol–water partition coefficient (Wildman–Crippen LogP) is 4.01. The molecule has 2 aromatic carbocycles. The Hall–Kier alpha value is -2.29. The number of hydrogen-bond acceptors (Lipinski definition) is 4. The summed E-state index contributed by atoms with van der Waals surface area (Å²) in [6, 6.07) is 10.0. The third-order valence-corrected chi connectivity index (χ3v) is 4.66. The van der Waals surface area contributed by atoms with Crippen LogP contribution in [0, 0.1) is 6.92 Å². The van der Waals surface area contributed by atoms with Crippen LogP contribution < -0.4 is 20.9 Å². The summed E-state index contributed by atoms with van der Waals surface area (Å²) < 4.78 is 6.30. The van der Waals surface area contributed by atoms with Gasteiger partial charge in [0.05, 0.1) is 10.7 Å². The molecule has 29 heavy (non-hydrogen) atoms. The minimum absolute atomic E-state index is 0.0880. The van der Waals surface area contributed by atoms with E-state index in [0.29, 0.717) is 21.5 Å². The van der Waals surface area contributed by atoms with Crippen LogP contribution in [0.1, 0.15) is 18.4 Å². The number of aryl methyl sites for hydroxylation is 1. The number of rotatable bonds is 7. The number of nitrogens with one attached hydrogen (secondary N) is 3. The van der Waals surface area contributed by atoms with E-state index in [1.807, 2.05) is 13.0 Å². The Morgan fingerprint density at radius 3 is 2.34 bits per heavy atom. The zero-order chi connectivity index (χ0) is 21.4. The largest absolute Gasteiger partial charge is 0.483 e. The van der Waals surface area contributed by atoms with E-state index < -0.39 is 17.7 Å². The van der Waals surface area contributed by atoms with Gasteiger partial charge < -0.3 is 10.1 Å². The molecule has 0 unspecified atom stereocenters. The Morgan fingerprint density at radius 2 is 1.66 bits per heavy atom. The molecule has 7 nitrogen and oxygen atoms in total. The number of anilines is 1. The topological polar surface area (TPSA) is 96.5 Å². The quantitative estimate of drug-likeness (QED) is 0.498. The van der Waals surface area contributed by atoms with Crippen molar-refractivity contribution >= 4 is 62.5 Å². The van der Waals surface area contributed by atoms with Gasteiger partial charge in [0.2, 0.25) is 11.8 Å². The molecule has 2 rings (SSSR count). The number of carbonyl (C=O) groups excluding carboxylic acids is 3. The number of benzene rings is 2. The minimum atomic E-state index is -0.530. The molecule has 10 heteroatoms. The molecule has 2 aromatic rings. The molecule has 0 heterocycles. The van der Waals surface area contributed by atoms with Crippen LogP contribution >= 0.6 is 39.1 Å². The average molecular weight is 503 g/mol. The second-order valence-corrected chi connectivity index (χ2v) is 7.73. The molecule has 0 fully saturated rings. The van der Waals surface area contributed by atoms with Gasteiger partial charge in [0.1, 0.15) is 5.75 Å². The molecule has 0 radical (unpaired) electrons. The van der Waals surface area contributed by atoms with Gasteiger partial charge in [0.25, 0.3) is 5.91 Å². The number of hydrogen-bond donors (Lipinski definition) is 3. The van der Waals surface area contributed by atoms with E-state index in [4.69, 9.17) is 27.9 Å². The van der Waals surface area contributed by atoms with Crippen molar-refractivity contribution in [3.63, 3.8) is 0 Å². The first-order valence-electron chi connectivity index (χ1n) is 8.46. The van der Waals surface area contributed by atoms with Gasteiger partial charge in [0, 0.05) is 22.3 Å². The second-order valence-electron chi connectivity index (χ2n) is 5.97. The van der Waals surface area contributed by atoms with Crippen molar-refractivity contribution in [2.75, 3.05) is 11.9 Å². The van der Waals surface area contributed by atoms with Crippen LogP contribution in [-0.2, 0) is 14.4 Å². The van der Waals surface area contributed by atoms with Crippen molar-refractivity contribution in [3.05, 3.63) is 56.5 Å². The second kappa shape index (κ2) is 11.0. The summed E-state index contributed by atoms with van der Waals surface area (Å²) in [7, 11) is 0. The number of halogens is 3. The lowest BCUT2D eigenvalue weighted by Gasteiger charge is -2.11. The summed E-state index contributed by atoms with van der Waals surface area (Å²) in [6.45, 7) is 1.58. The Kier molecular flexibility index (Phi) is 8.75. The lowest BCUT2D eigenvalue weighted by Crippen LogP contribution is -2.44. The third kappa shape index (κ3) is 7.92. The van der Waals surface area contributed by atoms with E-state index in [1.54, 1.807) is 24.3 Å². The zero-order valence-electron chi connectivity index (χ0n) is 15.4. The normalized spacial score (nSPS) is 10.2. The maximum absolute atomic E-state index is 11.9. The molecule has 0 bridgehead atoms. The fourth-order valence-corrected chi connectivity index (χ4v) is 3.12. The Morgan fingerprint density at radius 1 is 0.966 bits per heavy atom. The van der Waals surface area contributed by atoms with Crippen LogP contribution in [0.15, 0.2) is 40.9 Å². The lowest BCUT2D eigenvalue weighted by molar-refractivity contribution is -0.130. The van der Waals surface area contributed by atoms with Gasteiger partial charge in [-0.05, 0) is 48.9 Å². The average Bonchev–Trinajstić information content (AvgIpc) is 2.66. The fraction of sp³-hybridized carbons (Fsp3) is 0.211. The number of ether oxygens (including phenoxy) is 1. The summed E-state index contributed by atoms with van der Waals surface area (Å²) >= 11 is 15.1. The van der Waals surface area contributed by atoms with Crippen molar-refractivity contribution in [1.29, 1.82) is 0 Å². The molecule has 0 saturated carbocycles. The van der Waals surface area contributed by atoms with Crippen molar-refractivity contribution in [1.82, 2.24) is 10.9 Å². The molecule has 0 spiro atoms. The van der Waals surface area contributed by atoms with E-state index >= 15 is 0 Å². The highest BCUT2D eigenvalue weighted by atomic mass is 79.9. The molecule has 0 saturated heterocycles. The molecule has 3 amide bonds. The molecule has 0 aliphatic carbocycles. The molecular weight excluding hydrogens is 485 g/mol. The number of hydrazine groups is 1. The van der Waals surface area contributed by atoms with Crippen LogP contribution in [0.4, 0.5) is 5.69 Å². The summed E-state index contributed by atoms with van der Waals surface area (Å²) in [5, 5.41) is 3.33. The molecule has 0 atom stereocenters. The molecular formula is C19H18BrCl2N3O4. The van der Waals surface area contributed by atoms with E-state index in [0.717, 1.165) is 10.0 Å². The van der Waals surface area contributed by atoms with E-state index in [-0.39, 0.29) is 19.4 Å². The Bertz CT molecular complexity index is 924. The highest BCUT2D eigenvalue weighted by molar-refractivity contribution is 9.10. The van der Waals surface area contributed by atoms with Crippen LogP contribution in [0.2, 0.25) is 10.0 Å². The first-order valence-corrected chi connectivity index (χ1v) is 10.0. The highest BCUT2D eigenvalue weighted by Gasteiger charge is 2.11. The smallest absolute Gasteiger partial charge is 0.276 e. The van der Waals surface area contributed by atoms with Crippen LogP contribution in [0.5, 0.6) is 5.75 Å². The molecule has 154 valence electrons. The fourth-order valence-electron chi connectivity index (χ4n) is 2.19. The SMILES string of the molecule is Cc1cc(Br)ccc1OCC(=O)NNC(=O)CCC(=O)Nc1ccc(Cl)cc1Cl. The Labute approximate surface area is 186 Å². The molecule has 0 aliphatic rings. The van der Waals surface area contributed by atoms with E-state index in [1.165, 1.54) is 6.07 Å². The number of carbonyl (C=O) groups is 3. The molecule has 0 aromatic heterocycles. The van der Waals surface area contributed by atoms with E-state index in [9.17, 15) is 14.4 Å². The minimum Gasteiger partial charge on any atom is -0.483 e. The Balaban J connectivity index is 1.68. The lowest BCUT2D eigenvalue weighted by atomic mass is 10.2. The van der Waals surface area contributed by atoms with Gasteiger partial charge in [-0.15, -0.1) is 0 Å². The van der Waals surface area contributed by atoms with Gasteiger partial charge in [-0.3, -0.25) is 25.2 Å². The van der Waals surface area contributed by atoms with E-state index in [2.05, 4.69) is 32.1 Å². The molecule has 0 aliphatic heterocycles. The van der Waals surface area contributed by atoms with Crippen molar-refractivity contribution in [2.24, 2.45) is 0 Å². The van der Waals surface area contributed by atoms with Crippen LogP contribution in [0.3, 0.4) is 0 Å².